The summed E-state index contributed by atoms with van der Waals surface area (Å²) in [5, 5.41) is 64.9. The zero-order chi connectivity index (χ0) is 52.7. The third-order valence-electron chi connectivity index (χ3n) is 9.22. The molecule has 29 nitrogen and oxygen atoms in total. The fourth-order valence-electron chi connectivity index (χ4n) is 5.64. The smallest absolute Gasteiger partial charge is 0.326 e. The number of aliphatic hydroxyl groups is 1. The van der Waals surface area contributed by atoms with Crippen LogP contribution in [0.1, 0.15) is 44.6 Å². The molecule has 1 aromatic rings. The Labute approximate surface area is 402 Å². The lowest BCUT2D eigenvalue weighted by Crippen LogP contribution is -2.62. The highest BCUT2D eigenvalue weighted by molar-refractivity contribution is 7.80. The molecular formula is C38H55N11O18S2. The summed E-state index contributed by atoms with van der Waals surface area (Å²) in [7, 11) is 0. The summed E-state index contributed by atoms with van der Waals surface area (Å²) in [6.07, 6.45) is -5.84. The van der Waals surface area contributed by atoms with Gasteiger partial charge in [-0.3, -0.25) is 57.5 Å². The monoisotopic (exact) mass is 1020 g/mol. The van der Waals surface area contributed by atoms with E-state index in [0.717, 1.165) is 6.92 Å². The Morgan fingerprint density at radius 2 is 1.01 bits per heavy atom. The third-order valence-corrected chi connectivity index (χ3v) is 9.95. The lowest BCUT2D eigenvalue weighted by Gasteiger charge is -2.27. The third kappa shape index (κ3) is 22.4. The fourth-order valence-corrected chi connectivity index (χ4v) is 6.16. The van der Waals surface area contributed by atoms with E-state index in [9.17, 15) is 82.8 Å². The molecule has 0 radical (unpaired) electrons. The minimum Gasteiger partial charge on any atom is -0.508 e. The van der Waals surface area contributed by atoms with Gasteiger partial charge in [-0.05, 0) is 37.5 Å². The number of nitrogens with one attached hydrogen (secondary N) is 8. The van der Waals surface area contributed by atoms with E-state index in [0.29, 0.717) is 5.56 Å². The predicted molar refractivity (Wildman–Crippen MR) is 240 cm³/mol. The van der Waals surface area contributed by atoms with Gasteiger partial charge in [-0.25, -0.2) is 4.79 Å². The van der Waals surface area contributed by atoms with Crippen LogP contribution in [0.4, 0.5) is 0 Å². The first-order valence-corrected chi connectivity index (χ1v) is 21.5. The van der Waals surface area contributed by atoms with Crippen molar-refractivity contribution in [3.8, 4) is 5.75 Å². The van der Waals surface area contributed by atoms with Crippen LogP contribution in [0.2, 0.25) is 0 Å². The number of thiol groups is 2. The zero-order valence-corrected chi connectivity index (χ0v) is 38.3. The highest BCUT2D eigenvalue weighted by Gasteiger charge is 2.36. The number of carboxylic acid groups (broad SMARTS) is 3. The van der Waals surface area contributed by atoms with E-state index in [1.54, 1.807) is 0 Å². The van der Waals surface area contributed by atoms with Gasteiger partial charge in [0.1, 0.15) is 48.0 Å². The molecule has 10 amide bonds. The molecular weight excluding hydrogens is 963 g/mol. The van der Waals surface area contributed by atoms with Crippen molar-refractivity contribution in [3.63, 3.8) is 0 Å². The van der Waals surface area contributed by atoms with Crippen molar-refractivity contribution in [2.45, 2.75) is 99.9 Å². The minimum absolute atomic E-state index is 0.0564. The standard InChI is InChI=1S/C38H55N11O18S2/c1-15(50)30(37(65)46-21(11-29(57)58)35(63)47-23(13-68)32(60)42-12-27(54)43-22(38(66)67)9-26(41)53)49-36(64)24(14-69)48-34(62)20(10-28(55)56)45-33(61)19(6-7-25(40)52)44-31(59)18(39)8-16-2-4-17(51)5-3-16/h2-5,15,18-24,30,50-51,68-69H,6-14,39H2,1H3,(H2,40,52)(H2,41,53)(H,42,60)(H,43,54)(H,44,59)(H,45,61)(H,46,65)(H,47,63)(H,48,62)(H,49,64)(H,55,56)(H,57,58)(H,66,67)/t15-,18+,19+,20+,21+,22+,23+,24+,30+/m1/s1. The van der Waals surface area contributed by atoms with Crippen LogP contribution in [-0.2, 0) is 68.7 Å². The molecule has 0 aliphatic heterocycles. The number of amides is 10. The fraction of sp³-hybridized carbons (Fsp3) is 0.500. The summed E-state index contributed by atoms with van der Waals surface area (Å²) < 4.78 is 0. The Balaban J connectivity index is 3.16. The van der Waals surface area contributed by atoms with Crippen molar-refractivity contribution < 1.29 is 87.9 Å². The van der Waals surface area contributed by atoms with Gasteiger partial charge in [-0.15, -0.1) is 0 Å². The number of carboxylic acids is 3. The van der Waals surface area contributed by atoms with Crippen molar-refractivity contribution in [2.24, 2.45) is 17.2 Å². The Hall–Kier alpha value is -7.25. The maximum atomic E-state index is 13.4. The highest BCUT2D eigenvalue weighted by Crippen LogP contribution is 2.12. The van der Waals surface area contributed by atoms with Crippen molar-refractivity contribution in [1.29, 1.82) is 0 Å². The predicted octanol–water partition coefficient (Wildman–Crippen LogP) is -7.81. The number of carbonyl (C=O) groups is 13. The van der Waals surface area contributed by atoms with Gasteiger partial charge in [-0.1, -0.05) is 12.1 Å². The molecule has 19 N–H and O–H groups in total. The summed E-state index contributed by atoms with van der Waals surface area (Å²) in [5.74, 6) is -17.6. The number of primary amides is 2. The summed E-state index contributed by atoms with van der Waals surface area (Å²) in [6.45, 7) is 0.106. The van der Waals surface area contributed by atoms with Gasteiger partial charge in [0.05, 0.1) is 38.0 Å². The number of hydrogen-bond donors (Lipinski definition) is 18. The number of phenols is 1. The van der Waals surface area contributed by atoms with Crippen LogP contribution in [0, 0.1) is 0 Å². The number of nitrogens with two attached hydrogens (primary N) is 3. The van der Waals surface area contributed by atoms with E-state index in [1.165, 1.54) is 24.3 Å². The van der Waals surface area contributed by atoms with Crippen molar-refractivity contribution in [2.75, 3.05) is 18.1 Å². The first-order valence-electron chi connectivity index (χ1n) is 20.2. The molecule has 69 heavy (non-hydrogen) atoms. The maximum absolute atomic E-state index is 13.4. The molecule has 382 valence electrons. The lowest BCUT2D eigenvalue weighted by atomic mass is 10.0. The zero-order valence-electron chi connectivity index (χ0n) is 36.5. The second kappa shape index (κ2) is 29.5. The molecule has 0 spiro atoms. The summed E-state index contributed by atoms with van der Waals surface area (Å²) in [6, 6.07) is -8.38. The van der Waals surface area contributed by atoms with Gasteiger partial charge in [0.15, 0.2) is 0 Å². The number of rotatable bonds is 31. The molecule has 0 heterocycles. The van der Waals surface area contributed by atoms with Crippen molar-refractivity contribution in [1.82, 2.24) is 42.5 Å². The Kier molecular flexibility index (Phi) is 25.5. The normalized spacial score (nSPS) is 14.7. The number of aromatic hydroxyl groups is 1. The van der Waals surface area contributed by atoms with Gasteiger partial charge in [0, 0.05) is 17.9 Å². The van der Waals surface area contributed by atoms with Crippen LogP contribution in [0.3, 0.4) is 0 Å². The Bertz CT molecular complexity index is 2080. The van der Waals surface area contributed by atoms with E-state index >= 15 is 0 Å². The van der Waals surface area contributed by atoms with E-state index in [4.69, 9.17) is 22.3 Å². The number of carbonyl (C=O) groups excluding carboxylic acids is 10. The number of benzene rings is 1. The molecule has 0 aliphatic carbocycles. The quantitative estimate of drug-likeness (QED) is 0.0307. The van der Waals surface area contributed by atoms with Gasteiger partial charge < -0.3 is 85.3 Å². The molecule has 31 heteroatoms. The SMILES string of the molecule is C[C@@H](O)[C@H](NC(=O)[C@H](CS)NC(=O)[C@H](CC(=O)O)NC(=O)[C@H](CCC(N)=O)NC(=O)[C@@H](N)Cc1ccc(O)cc1)C(=O)N[C@@H](CC(=O)O)C(=O)N[C@@H](CS)C(=O)NCC(=O)N[C@@H](CC(N)=O)C(=O)O. The molecule has 0 unspecified atom stereocenters. The van der Waals surface area contributed by atoms with Crippen LogP contribution in [0.25, 0.3) is 0 Å². The lowest BCUT2D eigenvalue weighted by molar-refractivity contribution is -0.143. The summed E-state index contributed by atoms with van der Waals surface area (Å²) in [4.78, 5) is 162. The second-order valence-electron chi connectivity index (χ2n) is 14.9. The first-order chi connectivity index (χ1) is 32.2. The maximum Gasteiger partial charge on any atom is 0.326 e. The first kappa shape index (κ1) is 59.8. The topological polar surface area (TPSA) is 497 Å². The minimum atomic E-state index is -2.02. The van der Waals surface area contributed by atoms with E-state index in [2.05, 4.69) is 57.2 Å². The van der Waals surface area contributed by atoms with Crippen molar-refractivity contribution >= 4 is 102 Å². The van der Waals surface area contributed by atoms with Gasteiger partial charge in [-0.2, -0.15) is 25.3 Å². The highest BCUT2D eigenvalue weighted by atomic mass is 32.1. The van der Waals surface area contributed by atoms with Gasteiger partial charge >= 0.3 is 17.9 Å². The van der Waals surface area contributed by atoms with E-state index in [1.807, 2.05) is 10.6 Å². The summed E-state index contributed by atoms with van der Waals surface area (Å²) in [5.41, 5.74) is 16.7. The molecule has 0 saturated heterocycles. The Morgan fingerprint density at radius 1 is 0.565 bits per heavy atom. The van der Waals surface area contributed by atoms with Crippen LogP contribution in [0.5, 0.6) is 5.75 Å². The average molecular weight is 1020 g/mol. The molecule has 1 rings (SSSR count). The molecule has 0 saturated carbocycles. The number of aliphatic hydroxyl groups excluding tert-OH is 1. The number of phenolic OH excluding ortho intramolecular Hbond substituents is 1. The summed E-state index contributed by atoms with van der Waals surface area (Å²) >= 11 is 7.94. The van der Waals surface area contributed by atoms with Gasteiger partial charge in [0.2, 0.25) is 59.1 Å². The average Bonchev–Trinajstić information content (AvgIpc) is 3.25. The molecule has 0 bridgehead atoms. The van der Waals surface area contributed by atoms with Crippen LogP contribution >= 0.6 is 25.3 Å². The molecule has 0 aromatic heterocycles. The number of hydrogen-bond acceptors (Lipinski definition) is 18. The molecule has 0 aliphatic rings. The second-order valence-corrected chi connectivity index (χ2v) is 15.7. The molecule has 0 fully saturated rings. The molecule has 9 atom stereocenters. The number of aliphatic carboxylic acids is 3. The largest absolute Gasteiger partial charge is 0.508 e. The van der Waals surface area contributed by atoms with Crippen LogP contribution in [-0.4, -0.2) is 175 Å². The van der Waals surface area contributed by atoms with Crippen molar-refractivity contribution in [3.05, 3.63) is 29.8 Å². The van der Waals surface area contributed by atoms with Gasteiger partial charge in [0.25, 0.3) is 0 Å². The van der Waals surface area contributed by atoms with Crippen LogP contribution in [0.15, 0.2) is 24.3 Å². The van der Waals surface area contributed by atoms with E-state index in [-0.39, 0.29) is 12.2 Å². The Morgan fingerprint density at radius 3 is 1.46 bits per heavy atom. The molecule has 1 aromatic carbocycles. The van der Waals surface area contributed by atoms with E-state index < -0.39 is 182 Å². The van der Waals surface area contributed by atoms with Crippen LogP contribution < -0.4 is 59.7 Å².